The summed E-state index contributed by atoms with van der Waals surface area (Å²) in [6, 6.07) is 4.68. The normalized spacial score (nSPS) is 15.0. The van der Waals surface area contributed by atoms with Gasteiger partial charge in [0.2, 0.25) is 11.5 Å². The molecule has 0 fully saturated rings. The topological polar surface area (TPSA) is 89.5 Å². The molecule has 1 aliphatic rings. The Morgan fingerprint density at radius 3 is 1.52 bits per heavy atom. The highest BCUT2D eigenvalue weighted by atomic mass is 16.5. The second kappa shape index (κ2) is 7.90. The fourth-order valence-corrected chi connectivity index (χ4v) is 3.58. The molecule has 3 rings (SSSR count). The van der Waals surface area contributed by atoms with Crippen molar-refractivity contribution in [2.75, 3.05) is 42.7 Å². The summed E-state index contributed by atoms with van der Waals surface area (Å²) in [7, 11) is 8.69. The number of fused-ring (bicyclic) bond motifs is 1. The van der Waals surface area contributed by atoms with Crippen LogP contribution in [0, 0.1) is 0 Å². The van der Waals surface area contributed by atoms with Crippen molar-refractivity contribution >= 4 is 11.6 Å². The van der Waals surface area contributed by atoms with Crippen molar-refractivity contribution < 1.29 is 38.0 Å². The van der Waals surface area contributed by atoms with Gasteiger partial charge in [0.15, 0.2) is 34.6 Å². The Kier molecular flexibility index (Phi) is 5.54. The predicted molar refractivity (Wildman–Crippen MR) is 104 cm³/mol. The summed E-state index contributed by atoms with van der Waals surface area (Å²) < 4.78 is 32.1. The molecule has 154 valence electrons. The lowest BCUT2D eigenvalue weighted by Gasteiger charge is -2.16. The Balaban J connectivity index is 2.22. The monoisotopic (exact) mass is 402 g/mol. The Morgan fingerprint density at radius 2 is 1.07 bits per heavy atom. The van der Waals surface area contributed by atoms with Gasteiger partial charge in [-0.25, -0.2) is 0 Å². The number of carbonyl (C=O) groups is 2. The van der Waals surface area contributed by atoms with E-state index in [-0.39, 0.29) is 28.4 Å². The molecule has 0 heterocycles. The van der Waals surface area contributed by atoms with Crippen LogP contribution in [0.15, 0.2) is 18.2 Å². The fourth-order valence-electron chi connectivity index (χ4n) is 3.58. The molecule has 0 radical (unpaired) electrons. The van der Waals surface area contributed by atoms with Crippen LogP contribution in [0.25, 0.3) is 0 Å². The van der Waals surface area contributed by atoms with Gasteiger partial charge in [0.25, 0.3) is 0 Å². The number of hydrogen-bond donors (Lipinski definition) is 0. The summed E-state index contributed by atoms with van der Waals surface area (Å²) in [6.45, 7) is 0. The summed E-state index contributed by atoms with van der Waals surface area (Å²) >= 11 is 0. The van der Waals surface area contributed by atoms with Crippen LogP contribution < -0.4 is 28.4 Å². The summed E-state index contributed by atoms with van der Waals surface area (Å²) in [4.78, 5) is 26.5. The zero-order chi connectivity index (χ0) is 21.3. The van der Waals surface area contributed by atoms with Gasteiger partial charge < -0.3 is 28.4 Å². The minimum Gasteiger partial charge on any atom is -0.493 e. The first-order valence-corrected chi connectivity index (χ1v) is 8.68. The van der Waals surface area contributed by atoms with E-state index in [2.05, 4.69) is 0 Å². The standard InChI is InChI=1S/C21H22O8/c1-24-12-7-10(8-13(25-2)19(12)27-4)15-17(22)11-9-14(26-3)20(28-5)21(29-6)16(11)18(15)23/h7-9,15H,1-6H3/t15-/m0/s1. The third-order valence-electron chi connectivity index (χ3n) is 4.89. The highest BCUT2D eigenvalue weighted by Crippen LogP contribution is 2.49. The van der Waals surface area contributed by atoms with Crippen LogP contribution in [0.2, 0.25) is 0 Å². The van der Waals surface area contributed by atoms with Crippen molar-refractivity contribution in [2.24, 2.45) is 0 Å². The predicted octanol–water partition coefficient (Wildman–Crippen LogP) is 2.90. The molecule has 0 amide bonds. The highest BCUT2D eigenvalue weighted by Gasteiger charge is 2.44. The van der Waals surface area contributed by atoms with Crippen LogP contribution >= 0.6 is 0 Å². The summed E-state index contributed by atoms with van der Waals surface area (Å²) in [6.07, 6.45) is 0. The molecule has 2 aromatic rings. The maximum atomic E-state index is 13.3. The van der Waals surface area contributed by atoms with Crippen LogP contribution in [-0.2, 0) is 0 Å². The number of ketones is 2. The Labute approximate surface area is 168 Å². The van der Waals surface area contributed by atoms with E-state index in [9.17, 15) is 9.59 Å². The van der Waals surface area contributed by atoms with E-state index < -0.39 is 11.7 Å². The van der Waals surface area contributed by atoms with Crippen LogP contribution in [0.3, 0.4) is 0 Å². The molecule has 0 saturated heterocycles. The third kappa shape index (κ3) is 3.00. The zero-order valence-corrected chi connectivity index (χ0v) is 17.1. The number of carbonyl (C=O) groups excluding carboxylic acids is 2. The van der Waals surface area contributed by atoms with Crippen LogP contribution in [0.4, 0.5) is 0 Å². The minimum atomic E-state index is -1.08. The van der Waals surface area contributed by atoms with Gasteiger partial charge in [0.05, 0.1) is 48.2 Å². The van der Waals surface area contributed by atoms with Gasteiger partial charge in [0, 0.05) is 5.56 Å². The van der Waals surface area contributed by atoms with E-state index in [1.54, 1.807) is 12.1 Å². The number of hydrogen-bond acceptors (Lipinski definition) is 8. The van der Waals surface area contributed by atoms with E-state index >= 15 is 0 Å². The summed E-state index contributed by atoms with van der Waals surface area (Å²) in [5, 5.41) is 0. The molecule has 0 N–H and O–H groups in total. The molecule has 1 atom stereocenters. The number of methoxy groups -OCH3 is 6. The van der Waals surface area contributed by atoms with E-state index in [4.69, 9.17) is 28.4 Å². The lowest BCUT2D eigenvalue weighted by atomic mass is 9.93. The number of ether oxygens (including phenoxy) is 6. The molecule has 0 unspecified atom stereocenters. The maximum absolute atomic E-state index is 13.3. The van der Waals surface area contributed by atoms with Crippen LogP contribution in [0.1, 0.15) is 32.2 Å². The van der Waals surface area contributed by atoms with Crippen LogP contribution in [0.5, 0.6) is 34.5 Å². The summed E-state index contributed by atoms with van der Waals surface area (Å²) in [5.74, 6) is -0.0819. The van der Waals surface area contributed by atoms with Gasteiger partial charge in [-0.05, 0) is 23.8 Å². The molecular formula is C21H22O8. The first-order chi connectivity index (χ1) is 14.0. The fraction of sp³-hybridized carbons (Fsp3) is 0.333. The van der Waals surface area contributed by atoms with E-state index in [1.807, 2.05) is 0 Å². The van der Waals surface area contributed by atoms with Gasteiger partial charge >= 0.3 is 0 Å². The van der Waals surface area contributed by atoms with Crippen molar-refractivity contribution in [3.63, 3.8) is 0 Å². The van der Waals surface area contributed by atoms with E-state index in [0.29, 0.717) is 28.6 Å². The Morgan fingerprint density at radius 1 is 0.586 bits per heavy atom. The lowest BCUT2D eigenvalue weighted by molar-refractivity contribution is 0.0889. The number of rotatable bonds is 7. The van der Waals surface area contributed by atoms with Crippen molar-refractivity contribution in [1.29, 1.82) is 0 Å². The maximum Gasteiger partial charge on any atom is 0.204 e. The Bertz CT molecular complexity index is 954. The van der Waals surface area contributed by atoms with Crippen molar-refractivity contribution in [3.8, 4) is 34.5 Å². The molecule has 1 aliphatic carbocycles. The van der Waals surface area contributed by atoms with Crippen molar-refractivity contribution in [1.82, 2.24) is 0 Å². The van der Waals surface area contributed by atoms with E-state index in [1.165, 1.54) is 48.7 Å². The van der Waals surface area contributed by atoms with Crippen molar-refractivity contribution in [2.45, 2.75) is 5.92 Å². The number of Topliss-reactive ketones (excluding diaryl/α,β-unsaturated/α-hetero) is 2. The molecule has 2 aromatic carbocycles. The Hall–Kier alpha value is -3.42. The molecule has 0 saturated carbocycles. The number of benzene rings is 2. The minimum absolute atomic E-state index is 0.161. The largest absolute Gasteiger partial charge is 0.493 e. The second-order valence-corrected chi connectivity index (χ2v) is 6.19. The molecule has 8 nitrogen and oxygen atoms in total. The first kappa shape index (κ1) is 20.3. The van der Waals surface area contributed by atoms with Gasteiger partial charge in [-0.2, -0.15) is 0 Å². The van der Waals surface area contributed by atoms with E-state index in [0.717, 1.165) is 0 Å². The molecule has 0 bridgehead atoms. The lowest BCUT2D eigenvalue weighted by Crippen LogP contribution is -2.13. The average Bonchev–Trinajstić information content (AvgIpc) is 3.00. The van der Waals surface area contributed by atoms with Crippen LogP contribution in [-0.4, -0.2) is 54.2 Å². The molecule has 0 aliphatic heterocycles. The average molecular weight is 402 g/mol. The molecule has 29 heavy (non-hydrogen) atoms. The van der Waals surface area contributed by atoms with Crippen molar-refractivity contribution in [3.05, 3.63) is 34.9 Å². The van der Waals surface area contributed by atoms with Gasteiger partial charge in [-0.1, -0.05) is 0 Å². The highest BCUT2D eigenvalue weighted by molar-refractivity contribution is 6.31. The van der Waals surface area contributed by atoms with Gasteiger partial charge in [-0.15, -0.1) is 0 Å². The molecule has 8 heteroatoms. The molecule has 0 aromatic heterocycles. The second-order valence-electron chi connectivity index (χ2n) is 6.19. The summed E-state index contributed by atoms with van der Waals surface area (Å²) in [5.41, 5.74) is 0.794. The first-order valence-electron chi connectivity index (χ1n) is 8.68. The SMILES string of the molecule is COc1cc([C@H]2C(=O)c3cc(OC)c(OC)c(OC)c3C2=O)cc(OC)c1OC. The zero-order valence-electron chi connectivity index (χ0n) is 17.1. The van der Waals surface area contributed by atoms with Gasteiger partial charge in [-0.3, -0.25) is 9.59 Å². The molecule has 0 spiro atoms. The third-order valence-corrected chi connectivity index (χ3v) is 4.89. The molecular weight excluding hydrogens is 380 g/mol. The quantitative estimate of drug-likeness (QED) is 0.653. The smallest absolute Gasteiger partial charge is 0.204 e. The van der Waals surface area contributed by atoms with Gasteiger partial charge in [0.1, 0.15) is 5.92 Å².